The molecule has 1 aliphatic rings. The highest BCUT2D eigenvalue weighted by Gasteiger charge is 2.21. The number of hydrogen-bond acceptors (Lipinski definition) is 3. The lowest BCUT2D eigenvalue weighted by Gasteiger charge is -2.18. The molecule has 1 unspecified atom stereocenters. The van der Waals surface area contributed by atoms with Crippen LogP contribution in [-0.4, -0.2) is 24.4 Å². The van der Waals surface area contributed by atoms with Gasteiger partial charge in [-0.05, 0) is 56.2 Å². The van der Waals surface area contributed by atoms with Gasteiger partial charge in [0.15, 0.2) is 0 Å². The second-order valence-electron chi connectivity index (χ2n) is 6.37. The molecule has 1 heterocycles. The largest absolute Gasteiger partial charge is 0.374 e. The molecule has 0 aliphatic carbocycles. The lowest BCUT2D eigenvalue weighted by atomic mass is 10.2. The molecule has 0 bridgehead atoms. The van der Waals surface area contributed by atoms with Gasteiger partial charge in [-0.15, -0.1) is 0 Å². The summed E-state index contributed by atoms with van der Waals surface area (Å²) in [5, 5.41) is 6.13. The van der Waals surface area contributed by atoms with Crippen molar-refractivity contribution < 1.29 is 9.59 Å². The zero-order valence-electron chi connectivity index (χ0n) is 14.6. The van der Waals surface area contributed by atoms with E-state index in [1.165, 1.54) is 0 Å². The number of nitrogens with zero attached hydrogens (tertiary/aromatic N) is 1. The van der Waals surface area contributed by atoms with E-state index in [1.54, 1.807) is 4.90 Å². The molecule has 0 radical (unpaired) electrons. The Morgan fingerprint density at radius 2 is 1.84 bits per heavy atom. The van der Waals surface area contributed by atoms with Gasteiger partial charge in [-0.2, -0.15) is 0 Å². The monoisotopic (exact) mass is 337 g/mol. The molecule has 0 saturated carbocycles. The van der Waals surface area contributed by atoms with Crippen molar-refractivity contribution in [2.45, 2.75) is 32.7 Å². The number of para-hydroxylation sites is 1. The van der Waals surface area contributed by atoms with Crippen LogP contribution >= 0.6 is 0 Å². The molecule has 2 aromatic rings. The number of carbonyl (C=O) groups is 2. The van der Waals surface area contributed by atoms with Crippen LogP contribution in [0.1, 0.15) is 25.3 Å². The van der Waals surface area contributed by atoms with Crippen LogP contribution in [-0.2, 0) is 9.59 Å². The van der Waals surface area contributed by atoms with Gasteiger partial charge >= 0.3 is 0 Å². The molecule has 25 heavy (non-hydrogen) atoms. The summed E-state index contributed by atoms with van der Waals surface area (Å²) in [5.74, 6) is 0.0831. The number of nitrogens with one attached hydrogen (secondary N) is 2. The minimum Gasteiger partial charge on any atom is -0.374 e. The number of aryl methyl sites for hydroxylation is 1. The third kappa shape index (κ3) is 3.99. The van der Waals surface area contributed by atoms with Gasteiger partial charge in [0.2, 0.25) is 11.8 Å². The highest BCUT2D eigenvalue weighted by Crippen LogP contribution is 2.23. The van der Waals surface area contributed by atoms with Crippen molar-refractivity contribution in [3.63, 3.8) is 0 Å². The first kappa shape index (κ1) is 17.0. The van der Waals surface area contributed by atoms with Crippen molar-refractivity contribution in [3.8, 4) is 0 Å². The highest BCUT2D eigenvalue weighted by atomic mass is 16.2. The fourth-order valence-electron chi connectivity index (χ4n) is 2.93. The molecule has 5 nitrogen and oxygen atoms in total. The number of carbonyl (C=O) groups excluding carboxylic acids is 2. The first-order valence-corrected chi connectivity index (χ1v) is 8.58. The average Bonchev–Trinajstić information content (AvgIpc) is 3.03. The van der Waals surface area contributed by atoms with Crippen LogP contribution in [0.3, 0.4) is 0 Å². The Morgan fingerprint density at radius 3 is 2.48 bits per heavy atom. The van der Waals surface area contributed by atoms with Crippen LogP contribution in [0.4, 0.5) is 17.1 Å². The number of benzene rings is 2. The standard InChI is InChI=1S/C20H23N3O2/c1-14-6-3-4-7-18(14)22-20(25)15(2)21-16-9-11-17(12-10-16)23-13-5-8-19(23)24/h3-4,6-7,9-12,15,21H,5,8,13H2,1-2H3,(H,22,25). The van der Waals surface area contributed by atoms with E-state index in [0.29, 0.717) is 6.42 Å². The summed E-state index contributed by atoms with van der Waals surface area (Å²) in [6.45, 7) is 4.57. The molecular weight excluding hydrogens is 314 g/mol. The molecule has 2 N–H and O–H groups in total. The fourth-order valence-corrected chi connectivity index (χ4v) is 2.93. The van der Waals surface area contributed by atoms with Gasteiger partial charge in [0.05, 0.1) is 0 Å². The topological polar surface area (TPSA) is 61.4 Å². The van der Waals surface area contributed by atoms with Crippen LogP contribution < -0.4 is 15.5 Å². The van der Waals surface area contributed by atoms with Crippen molar-refractivity contribution >= 4 is 28.9 Å². The van der Waals surface area contributed by atoms with Gasteiger partial charge in [0.25, 0.3) is 0 Å². The van der Waals surface area contributed by atoms with E-state index in [4.69, 9.17) is 0 Å². The maximum Gasteiger partial charge on any atom is 0.246 e. The molecule has 3 rings (SSSR count). The molecular formula is C20H23N3O2. The maximum atomic E-state index is 12.4. The number of rotatable bonds is 5. The Labute approximate surface area is 148 Å². The van der Waals surface area contributed by atoms with E-state index in [2.05, 4.69) is 10.6 Å². The second-order valence-corrected chi connectivity index (χ2v) is 6.37. The van der Waals surface area contributed by atoms with Crippen LogP contribution in [0, 0.1) is 6.92 Å². The molecule has 1 atom stereocenters. The zero-order chi connectivity index (χ0) is 17.8. The van der Waals surface area contributed by atoms with Gasteiger partial charge in [-0.25, -0.2) is 0 Å². The predicted octanol–water partition coefficient (Wildman–Crippen LogP) is 3.56. The van der Waals surface area contributed by atoms with Crippen molar-refractivity contribution in [1.82, 2.24) is 0 Å². The first-order chi connectivity index (χ1) is 12.0. The van der Waals surface area contributed by atoms with E-state index in [-0.39, 0.29) is 17.9 Å². The van der Waals surface area contributed by atoms with Gasteiger partial charge < -0.3 is 15.5 Å². The van der Waals surface area contributed by atoms with Crippen LogP contribution in [0.25, 0.3) is 0 Å². The second kappa shape index (κ2) is 7.38. The molecule has 2 aromatic carbocycles. The first-order valence-electron chi connectivity index (χ1n) is 8.58. The fraction of sp³-hybridized carbons (Fsp3) is 0.300. The van der Waals surface area contributed by atoms with E-state index in [1.807, 2.05) is 62.4 Å². The summed E-state index contributed by atoms with van der Waals surface area (Å²) in [5.41, 5.74) is 3.61. The van der Waals surface area contributed by atoms with Crippen molar-refractivity contribution in [2.75, 3.05) is 22.1 Å². The quantitative estimate of drug-likeness (QED) is 0.877. The molecule has 0 spiro atoms. The minimum atomic E-state index is -0.376. The lowest BCUT2D eigenvalue weighted by molar-refractivity contribution is -0.117. The lowest BCUT2D eigenvalue weighted by Crippen LogP contribution is -2.32. The SMILES string of the molecule is Cc1ccccc1NC(=O)C(C)Nc1ccc(N2CCCC2=O)cc1. The number of amides is 2. The van der Waals surface area contributed by atoms with Crippen LogP contribution in [0.2, 0.25) is 0 Å². The summed E-state index contributed by atoms with van der Waals surface area (Å²) in [4.78, 5) is 26.0. The van der Waals surface area contributed by atoms with E-state index in [9.17, 15) is 9.59 Å². The van der Waals surface area contributed by atoms with E-state index >= 15 is 0 Å². The summed E-state index contributed by atoms with van der Waals surface area (Å²) in [7, 11) is 0. The molecule has 1 aliphatic heterocycles. The highest BCUT2D eigenvalue weighted by molar-refractivity contribution is 5.97. The molecule has 5 heteroatoms. The summed E-state index contributed by atoms with van der Waals surface area (Å²) >= 11 is 0. The minimum absolute atomic E-state index is 0.0897. The molecule has 130 valence electrons. The Bertz CT molecular complexity index is 771. The summed E-state index contributed by atoms with van der Waals surface area (Å²) in [6.07, 6.45) is 1.53. The van der Waals surface area contributed by atoms with Crippen LogP contribution in [0.15, 0.2) is 48.5 Å². The Hall–Kier alpha value is -2.82. The van der Waals surface area contributed by atoms with Crippen molar-refractivity contribution in [1.29, 1.82) is 0 Å². The molecule has 1 fully saturated rings. The van der Waals surface area contributed by atoms with E-state index in [0.717, 1.165) is 35.6 Å². The Morgan fingerprint density at radius 1 is 1.12 bits per heavy atom. The van der Waals surface area contributed by atoms with Crippen molar-refractivity contribution in [3.05, 3.63) is 54.1 Å². The van der Waals surface area contributed by atoms with Gasteiger partial charge in [-0.3, -0.25) is 9.59 Å². The Balaban J connectivity index is 1.60. The summed E-state index contributed by atoms with van der Waals surface area (Å²) in [6, 6.07) is 15.0. The van der Waals surface area contributed by atoms with Gasteiger partial charge in [-0.1, -0.05) is 18.2 Å². The third-order valence-corrected chi connectivity index (χ3v) is 4.43. The summed E-state index contributed by atoms with van der Waals surface area (Å²) < 4.78 is 0. The Kier molecular flexibility index (Phi) is 5.03. The molecule has 1 saturated heterocycles. The van der Waals surface area contributed by atoms with Gasteiger partial charge in [0, 0.05) is 30.0 Å². The molecule has 2 amide bonds. The average molecular weight is 337 g/mol. The van der Waals surface area contributed by atoms with E-state index < -0.39 is 0 Å². The van der Waals surface area contributed by atoms with Crippen molar-refractivity contribution in [2.24, 2.45) is 0 Å². The number of hydrogen-bond donors (Lipinski definition) is 2. The number of anilines is 3. The maximum absolute atomic E-state index is 12.4. The van der Waals surface area contributed by atoms with Gasteiger partial charge in [0.1, 0.15) is 6.04 Å². The smallest absolute Gasteiger partial charge is 0.246 e. The predicted molar refractivity (Wildman–Crippen MR) is 101 cm³/mol. The third-order valence-electron chi connectivity index (χ3n) is 4.43. The molecule has 0 aromatic heterocycles. The van der Waals surface area contributed by atoms with Crippen LogP contribution in [0.5, 0.6) is 0 Å². The zero-order valence-corrected chi connectivity index (χ0v) is 14.6. The normalized spacial score (nSPS) is 15.1.